The maximum atomic E-state index is 12.0. The molecule has 3 nitrogen and oxygen atoms in total. The highest BCUT2D eigenvalue weighted by Crippen LogP contribution is 2.17. The van der Waals surface area contributed by atoms with Gasteiger partial charge in [0.2, 0.25) is 5.91 Å². The van der Waals surface area contributed by atoms with E-state index in [-0.39, 0.29) is 11.8 Å². The van der Waals surface area contributed by atoms with E-state index in [4.69, 9.17) is 0 Å². The van der Waals surface area contributed by atoms with Crippen molar-refractivity contribution in [2.24, 2.45) is 5.92 Å². The molecule has 0 unspecified atom stereocenters. The Bertz CT molecular complexity index is 385. The van der Waals surface area contributed by atoms with Crippen molar-refractivity contribution in [1.29, 1.82) is 0 Å². The van der Waals surface area contributed by atoms with Gasteiger partial charge in [-0.15, -0.1) is 0 Å². The van der Waals surface area contributed by atoms with Gasteiger partial charge in [0.25, 0.3) is 0 Å². The van der Waals surface area contributed by atoms with Crippen molar-refractivity contribution in [3.05, 3.63) is 29.8 Å². The second kappa shape index (κ2) is 6.81. The summed E-state index contributed by atoms with van der Waals surface area (Å²) in [6.45, 7) is 1.90. The third-order valence-electron chi connectivity index (χ3n) is 3.24. The van der Waals surface area contributed by atoms with Crippen molar-refractivity contribution in [3.63, 3.8) is 0 Å². The third-order valence-corrected chi connectivity index (χ3v) is 3.86. The number of carbonyl (C=O) groups excluding carboxylic acids is 1. The van der Waals surface area contributed by atoms with E-state index in [1.165, 1.54) is 5.56 Å². The summed E-state index contributed by atoms with van der Waals surface area (Å²) >= 11 is 1.80. The largest absolute Gasteiger partial charge is 0.326 e. The van der Waals surface area contributed by atoms with Gasteiger partial charge in [-0.3, -0.25) is 4.79 Å². The number of benzene rings is 1. The Kier molecular flexibility index (Phi) is 5.08. The molecular weight excluding hydrogens is 244 g/mol. The zero-order valence-electron chi connectivity index (χ0n) is 10.7. The fourth-order valence-corrected chi connectivity index (χ4v) is 2.71. The van der Waals surface area contributed by atoms with Gasteiger partial charge in [0.05, 0.1) is 0 Å². The SMILES string of the molecule is CSCc1ccc(NC(=O)C2CCNCC2)cc1. The molecule has 2 N–H and O–H groups in total. The number of piperidine rings is 1. The van der Waals surface area contributed by atoms with Gasteiger partial charge in [0.1, 0.15) is 0 Å². The van der Waals surface area contributed by atoms with Crippen LogP contribution in [0.3, 0.4) is 0 Å². The van der Waals surface area contributed by atoms with Crippen LogP contribution in [-0.4, -0.2) is 25.3 Å². The van der Waals surface area contributed by atoms with Gasteiger partial charge in [-0.25, -0.2) is 0 Å². The number of thioether (sulfide) groups is 1. The molecule has 0 spiro atoms. The monoisotopic (exact) mass is 264 g/mol. The standard InChI is InChI=1S/C14H20N2OS/c1-18-10-11-2-4-13(5-3-11)16-14(17)12-6-8-15-9-7-12/h2-5,12,15H,6-10H2,1H3,(H,16,17). The van der Waals surface area contributed by atoms with Gasteiger partial charge in [-0.05, 0) is 49.9 Å². The van der Waals surface area contributed by atoms with Crippen LogP contribution in [0.4, 0.5) is 5.69 Å². The molecule has 1 amide bonds. The molecule has 1 aromatic carbocycles. The molecule has 0 aromatic heterocycles. The molecule has 1 heterocycles. The first-order valence-electron chi connectivity index (χ1n) is 6.39. The lowest BCUT2D eigenvalue weighted by Crippen LogP contribution is -2.34. The predicted octanol–water partition coefficient (Wildman–Crippen LogP) is 2.49. The van der Waals surface area contributed by atoms with Gasteiger partial charge in [0, 0.05) is 17.4 Å². The van der Waals surface area contributed by atoms with E-state index in [1.54, 1.807) is 11.8 Å². The Balaban J connectivity index is 1.89. The summed E-state index contributed by atoms with van der Waals surface area (Å²) in [6.07, 6.45) is 3.97. The molecule has 1 aliphatic heterocycles. The van der Waals surface area contributed by atoms with Crippen molar-refractivity contribution in [2.45, 2.75) is 18.6 Å². The van der Waals surface area contributed by atoms with Crippen molar-refractivity contribution in [2.75, 3.05) is 24.7 Å². The van der Waals surface area contributed by atoms with Crippen LogP contribution in [0.25, 0.3) is 0 Å². The fraction of sp³-hybridized carbons (Fsp3) is 0.500. The number of rotatable bonds is 4. The summed E-state index contributed by atoms with van der Waals surface area (Å²) in [5.41, 5.74) is 2.20. The second-order valence-electron chi connectivity index (χ2n) is 4.64. The Morgan fingerprint density at radius 3 is 2.61 bits per heavy atom. The molecule has 4 heteroatoms. The molecule has 1 fully saturated rings. The maximum absolute atomic E-state index is 12.0. The van der Waals surface area contributed by atoms with Crippen LogP contribution in [0.1, 0.15) is 18.4 Å². The minimum Gasteiger partial charge on any atom is -0.326 e. The van der Waals surface area contributed by atoms with Gasteiger partial charge >= 0.3 is 0 Å². The first-order valence-corrected chi connectivity index (χ1v) is 7.78. The lowest BCUT2D eigenvalue weighted by Gasteiger charge is -2.21. The molecule has 1 aromatic rings. The minimum absolute atomic E-state index is 0.161. The summed E-state index contributed by atoms with van der Waals surface area (Å²) in [6, 6.07) is 8.14. The number of amides is 1. The van der Waals surface area contributed by atoms with Crippen molar-refractivity contribution in [3.8, 4) is 0 Å². The van der Waals surface area contributed by atoms with E-state index in [0.717, 1.165) is 37.4 Å². The minimum atomic E-state index is 0.161. The average molecular weight is 264 g/mol. The van der Waals surface area contributed by atoms with Gasteiger partial charge in [-0.2, -0.15) is 11.8 Å². The molecule has 98 valence electrons. The average Bonchev–Trinajstić information content (AvgIpc) is 2.42. The number of hydrogen-bond donors (Lipinski definition) is 2. The van der Waals surface area contributed by atoms with E-state index in [0.29, 0.717) is 0 Å². The summed E-state index contributed by atoms with van der Waals surface area (Å²) in [5.74, 6) is 1.34. The summed E-state index contributed by atoms with van der Waals surface area (Å²) in [5, 5.41) is 6.28. The Labute approximate surface area is 113 Å². The van der Waals surface area contributed by atoms with E-state index in [1.807, 2.05) is 12.1 Å². The number of anilines is 1. The van der Waals surface area contributed by atoms with Crippen LogP contribution in [0.15, 0.2) is 24.3 Å². The highest BCUT2D eigenvalue weighted by atomic mass is 32.2. The Morgan fingerprint density at radius 1 is 1.33 bits per heavy atom. The summed E-state index contributed by atoms with van der Waals surface area (Å²) in [4.78, 5) is 12.0. The third kappa shape index (κ3) is 3.75. The highest BCUT2D eigenvalue weighted by molar-refractivity contribution is 7.97. The van der Waals surface area contributed by atoms with Gasteiger partial charge in [0.15, 0.2) is 0 Å². The van der Waals surface area contributed by atoms with Crippen molar-refractivity contribution in [1.82, 2.24) is 5.32 Å². The molecule has 1 saturated heterocycles. The normalized spacial score (nSPS) is 16.5. The van der Waals surface area contributed by atoms with Crippen LogP contribution in [0, 0.1) is 5.92 Å². The molecule has 0 radical (unpaired) electrons. The van der Waals surface area contributed by atoms with Crippen molar-refractivity contribution < 1.29 is 4.79 Å². The van der Waals surface area contributed by atoms with E-state index < -0.39 is 0 Å². The zero-order chi connectivity index (χ0) is 12.8. The van der Waals surface area contributed by atoms with Crippen LogP contribution in [-0.2, 0) is 10.5 Å². The quantitative estimate of drug-likeness (QED) is 0.878. The number of nitrogens with one attached hydrogen (secondary N) is 2. The number of carbonyl (C=O) groups is 1. The molecule has 0 aliphatic carbocycles. The summed E-state index contributed by atoms with van der Waals surface area (Å²) < 4.78 is 0. The zero-order valence-corrected chi connectivity index (χ0v) is 11.6. The molecule has 2 rings (SSSR count). The van der Waals surface area contributed by atoms with Crippen LogP contribution in [0.2, 0.25) is 0 Å². The fourth-order valence-electron chi connectivity index (χ4n) is 2.18. The molecule has 0 saturated carbocycles. The Hall–Kier alpha value is -1.00. The topological polar surface area (TPSA) is 41.1 Å². The lowest BCUT2D eigenvalue weighted by atomic mass is 9.97. The molecular formula is C14H20N2OS. The smallest absolute Gasteiger partial charge is 0.227 e. The molecule has 0 atom stereocenters. The number of hydrogen-bond acceptors (Lipinski definition) is 3. The first-order chi connectivity index (χ1) is 8.79. The van der Waals surface area contributed by atoms with Crippen LogP contribution < -0.4 is 10.6 Å². The Morgan fingerprint density at radius 2 is 2.00 bits per heavy atom. The van der Waals surface area contributed by atoms with Gasteiger partial charge in [-0.1, -0.05) is 12.1 Å². The van der Waals surface area contributed by atoms with Crippen LogP contribution >= 0.6 is 11.8 Å². The molecule has 1 aliphatic rings. The maximum Gasteiger partial charge on any atom is 0.227 e. The van der Waals surface area contributed by atoms with Gasteiger partial charge < -0.3 is 10.6 Å². The van der Waals surface area contributed by atoms with Crippen molar-refractivity contribution >= 4 is 23.4 Å². The highest BCUT2D eigenvalue weighted by Gasteiger charge is 2.20. The first kappa shape index (κ1) is 13.4. The summed E-state index contributed by atoms with van der Waals surface area (Å²) in [7, 11) is 0. The lowest BCUT2D eigenvalue weighted by molar-refractivity contribution is -0.120. The van der Waals surface area contributed by atoms with Crippen LogP contribution in [0.5, 0.6) is 0 Å². The second-order valence-corrected chi connectivity index (χ2v) is 5.51. The van der Waals surface area contributed by atoms with E-state index in [9.17, 15) is 4.79 Å². The molecule has 0 bridgehead atoms. The van der Waals surface area contributed by atoms with E-state index in [2.05, 4.69) is 29.0 Å². The molecule has 18 heavy (non-hydrogen) atoms. The van der Waals surface area contributed by atoms with E-state index >= 15 is 0 Å². The predicted molar refractivity (Wildman–Crippen MR) is 77.9 cm³/mol.